The molecule has 140 valence electrons. The molecule has 3 aromatic rings. The SMILES string of the molecule is Cc1csc(-c2ccc(C(=O)NCc3ccc(COC(C)C)cc3)cc2)n1. The fourth-order valence-corrected chi connectivity index (χ4v) is 3.36. The van der Waals surface area contributed by atoms with E-state index in [1.807, 2.05) is 74.7 Å². The summed E-state index contributed by atoms with van der Waals surface area (Å²) in [5.41, 5.74) is 4.88. The highest BCUT2D eigenvalue weighted by Gasteiger charge is 2.08. The van der Waals surface area contributed by atoms with Crippen molar-refractivity contribution in [3.8, 4) is 10.6 Å². The van der Waals surface area contributed by atoms with Gasteiger partial charge in [0.25, 0.3) is 5.91 Å². The molecule has 0 aliphatic rings. The zero-order valence-corrected chi connectivity index (χ0v) is 16.7. The number of nitrogens with one attached hydrogen (secondary N) is 1. The van der Waals surface area contributed by atoms with Gasteiger partial charge in [-0.3, -0.25) is 4.79 Å². The third kappa shape index (κ3) is 5.49. The van der Waals surface area contributed by atoms with Crippen molar-refractivity contribution < 1.29 is 9.53 Å². The third-order valence-electron chi connectivity index (χ3n) is 4.07. The summed E-state index contributed by atoms with van der Waals surface area (Å²) in [4.78, 5) is 16.8. The second kappa shape index (κ2) is 8.93. The second-order valence-corrected chi connectivity index (χ2v) is 7.59. The Hall–Kier alpha value is -2.50. The number of aryl methyl sites for hydroxylation is 1. The Labute approximate surface area is 164 Å². The predicted octanol–water partition coefficient (Wildman–Crippen LogP) is 4.97. The lowest BCUT2D eigenvalue weighted by Crippen LogP contribution is -2.22. The lowest BCUT2D eigenvalue weighted by atomic mass is 10.1. The van der Waals surface area contributed by atoms with Crippen LogP contribution in [0.25, 0.3) is 10.6 Å². The summed E-state index contributed by atoms with van der Waals surface area (Å²) in [5, 5.41) is 5.96. The Kier molecular flexibility index (Phi) is 6.37. The van der Waals surface area contributed by atoms with Gasteiger partial charge in [0, 0.05) is 28.7 Å². The molecule has 0 spiro atoms. The van der Waals surface area contributed by atoms with E-state index < -0.39 is 0 Å². The minimum Gasteiger partial charge on any atom is -0.374 e. The van der Waals surface area contributed by atoms with Crippen LogP contribution >= 0.6 is 11.3 Å². The molecule has 0 atom stereocenters. The van der Waals surface area contributed by atoms with Gasteiger partial charge < -0.3 is 10.1 Å². The Morgan fingerprint density at radius 1 is 1.07 bits per heavy atom. The summed E-state index contributed by atoms with van der Waals surface area (Å²) in [7, 11) is 0. The van der Waals surface area contributed by atoms with Crippen LogP contribution in [0, 0.1) is 6.92 Å². The van der Waals surface area contributed by atoms with Gasteiger partial charge >= 0.3 is 0 Å². The minimum atomic E-state index is -0.0795. The maximum Gasteiger partial charge on any atom is 0.251 e. The molecule has 3 rings (SSSR count). The van der Waals surface area contributed by atoms with Crippen LogP contribution < -0.4 is 5.32 Å². The van der Waals surface area contributed by atoms with E-state index >= 15 is 0 Å². The average Bonchev–Trinajstić information content (AvgIpc) is 3.11. The molecule has 0 bridgehead atoms. The number of aromatic nitrogens is 1. The van der Waals surface area contributed by atoms with Gasteiger partial charge in [0.15, 0.2) is 0 Å². The molecule has 1 aromatic heterocycles. The van der Waals surface area contributed by atoms with Crippen LogP contribution in [0.2, 0.25) is 0 Å². The van der Waals surface area contributed by atoms with Crippen LogP contribution in [0.15, 0.2) is 53.9 Å². The van der Waals surface area contributed by atoms with Crippen molar-refractivity contribution in [2.24, 2.45) is 0 Å². The summed E-state index contributed by atoms with van der Waals surface area (Å²) in [6, 6.07) is 15.7. The smallest absolute Gasteiger partial charge is 0.251 e. The summed E-state index contributed by atoms with van der Waals surface area (Å²) in [5.74, 6) is -0.0795. The molecule has 0 saturated heterocycles. The van der Waals surface area contributed by atoms with Crippen molar-refractivity contribution in [2.45, 2.75) is 40.0 Å². The first-order valence-corrected chi connectivity index (χ1v) is 9.89. The fourth-order valence-electron chi connectivity index (χ4n) is 2.55. The van der Waals surface area contributed by atoms with Crippen molar-refractivity contribution in [1.29, 1.82) is 0 Å². The van der Waals surface area contributed by atoms with Gasteiger partial charge in [-0.25, -0.2) is 4.98 Å². The van der Waals surface area contributed by atoms with Gasteiger partial charge in [0.1, 0.15) is 5.01 Å². The Balaban J connectivity index is 1.54. The molecule has 27 heavy (non-hydrogen) atoms. The van der Waals surface area contributed by atoms with E-state index in [0.29, 0.717) is 18.7 Å². The zero-order chi connectivity index (χ0) is 19.2. The summed E-state index contributed by atoms with van der Waals surface area (Å²) >= 11 is 1.61. The minimum absolute atomic E-state index is 0.0795. The first kappa shape index (κ1) is 19.3. The van der Waals surface area contributed by atoms with E-state index in [2.05, 4.69) is 10.3 Å². The highest BCUT2D eigenvalue weighted by Crippen LogP contribution is 2.23. The van der Waals surface area contributed by atoms with Crippen molar-refractivity contribution in [1.82, 2.24) is 10.3 Å². The fraction of sp³-hybridized carbons (Fsp3) is 0.273. The van der Waals surface area contributed by atoms with Crippen molar-refractivity contribution >= 4 is 17.2 Å². The number of carbonyl (C=O) groups excluding carboxylic acids is 1. The number of hydrogen-bond donors (Lipinski definition) is 1. The molecule has 0 fully saturated rings. The van der Waals surface area contributed by atoms with Crippen LogP contribution in [0.3, 0.4) is 0 Å². The van der Waals surface area contributed by atoms with E-state index in [1.54, 1.807) is 11.3 Å². The zero-order valence-electron chi connectivity index (χ0n) is 15.9. The number of amides is 1. The lowest BCUT2D eigenvalue weighted by molar-refractivity contribution is 0.0657. The molecule has 0 saturated carbocycles. The number of hydrogen-bond acceptors (Lipinski definition) is 4. The third-order valence-corrected chi connectivity index (χ3v) is 5.08. The van der Waals surface area contributed by atoms with Gasteiger partial charge in [-0.1, -0.05) is 36.4 Å². The van der Waals surface area contributed by atoms with Crippen LogP contribution in [-0.2, 0) is 17.9 Å². The van der Waals surface area contributed by atoms with Crippen molar-refractivity contribution in [2.75, 3.05) is 0 Å². The number of rotatable bonds is 7. The van der Waals surface area contributed by atoms with E-state index in [1.165, 1.54) is 0 Å². The topological polar surface area (TPSA) is 51.2 Å². The van der Waals surface area contributed by atoms with E-state index in [0.717, 1.165) is 27.4 Å². The Morgan fingerprint density at radius 2 is 1.74 bits per heavy atom. The van der Waals surface area contributed by atoms with Crippen LogP contribution in [0.5, 0.6) is 0 Å². The van der Waals surface area contributed by atoms with Gasteiger partial charge in [0.2, 0.25) is 0 Å². The largest absolute Gasteiger partial charge is 0.374 e. The van der Waals surface area contributed by atoms with Crippen LogP contribution in [0.1, 0.15) is 41.0 Å². The summed E-state index contributed by atoms with van der Waals surface area (Å²) in [6.45, 7) is 7.13. The number of thiazole rings is 1. The van der Waals surface area contributed by atoms with Gasteiger partial charge in [0.05, 0.1) is 12.7 Å². The maximum atomic E-state index is 12.4. The van der Waals surface area contributed by atoms with Crippen LogP contribution in [-0.4, -0.2) is 17.0 Å². The Morgan fingerprint density at radius 3 is 2.33 bits per heavy atom. The molecule has 0 aliphatic heterocycles. The molecule has 0 radical (unpaired) electrons. The number of carbonyl (C=O) groups is 1. The molecule has 2 aromatic carbocycles. The number of benzene rings is 2. The standard InChI is InChI=1S/C22H24N2O2S/c1-15(2)26-13-18-6-4-17(5-7-18)12-23-21(25)19-8-10-20(11-9-19)22-24-16(3)14-27-22/h4-11,14-15H,12-13H2,1-3H3,(H,23,25). The molecular formula is C22H24N2O2S. The lowest BCUT2D eigenvalue weighted by Gasteiger charge is -2.09. The Bertz CT molecular complexity index is 883. The van der Waals surface area contributed by atoms with Crippen LogP contribution in [0.4, 0.5) is 0 Å². The quantitative estimate of drug-likeness (QED) is 0.629. The van der Waals surface area contributed by atoms with Crippen molar-refractivity contribution in [3.63, 3.8) is 0 Å². The van der Waals surface area contributed by atoms with Crippen molar-refractivity contribution in [3.05, 3.63) is 76.3 Å². The molecule has 4 nitrogen and oxygen atoms in total. The monoisotopic (exact) mass is 380 g/mol. The van der Waals surface area contributed by atoms with E-state index in [4.69, 9.17) is 4.74 Å². The summed E-state index contributed by atoms with van der Waals surface area (Å²) < 4.78 is 5.59. The summed E-state index contributed by atoms with van der Waals surface area (Å²) in [6.07, 6.45) is 0.218. The van der Waals surface area contributed by atoms with Gasteiger partial charge in [-0.2, -0.15) is 0 Å². The highest BCUT2D eigenvalue weighted by molar-refractivity contribution is 7.13. The molecule has 1 amide bonds. The normalized spacial score (nSPS) is 11.0. The molecule has 0 unspecified atom stereocenters. The van der Waals surface area contributed by atoms with Gasteiger partial charge in [-0.15, -0.1) is 11.3 Å². The maximum absolute atomic E-state index is 12.4. The molecule has 5 heteroatoms. The van der Waals surface area contributed by atoms with Gasteiger partial charge in [-0.05, 0) is 44.0 Å². The average molecular weight is 381 g/mol. The number of ether oxygens (including phenoxy) is 1. The highest BCUT2D eigenvalue weighted by atomic mass is 32.1. The van der Waals surface area contributed by atoms with E-state index in [9.17, 15) is 4.79 Å². The predicted molar refractivity (Wildman–Crippen MR) is 110 cm³/mol. The first-order valence-electron chi connectivity index (χ1n) is 9.01. The van der Waals surface area contributed by atoms with E-state index in [-0.39, 0.29) is 12.0 Å². The molecule has 0 aliphatic carbocycles. The molecular weight excluding hydrogens is 356 g/mol. The second-order valence-electron chi connectivity index (χ2n) is 6.73. The number of nitrogens with zero attached hydrogens (tertiary/aromatic N) is 1. The molecule has 1 N–H and O–H groups in total. The molecule has 1 heterocycles. The first-order chi connectivity index (χ1) is 13.0.